The molecule has 3 rings (SSSR count). The number of rotatable bonds is 4. The molecule has 2 heterocycles. The molecule has 0 N–H and O–H groups in total. The van der Waals surface area contributed by atoms with Gasteiger partial charge in [0.25, 0.3) is 11.8 Å². The van der Waals surface area contributed by atoms with E-state index >= 15 is 0 Å². The van der Waals surface area contributed by atoms with E-state index < -0.39 is 11.8 Å². The highest BCUT2D eigenvalue weighted by atomic mass is 16.7. The molecule has 1 aromatic carbocycles. The first kappa shape index (κ1) is 13.4. The summed E-state index contributed by atoms with van der Waals surface area (Å²) in [7, 11) is 0. The summed E-state index contributed by atoms with van der Waals surface area (Å²) in [5.41, 5.74) is 1.27. The van der Waals surface area contributed by atoms with Gasteiger partial charge >= 0.3 is 0 Å². The average Bonchev–Trinajstić information content (AvgIpc) is 3.03. The number of hydrogen-bond acceptors (Lipinski definition) is 5. The molecule has 7 nitrogen and oxygen atoms in total. The van der Waals surface area contributed by atoms with Crippen molar-refractivity contribution in [2.75, 3.05) is 0 Å². The van der Waals surface area contributed by atoms with Crippen LogP contribution in [0.25, 0.3) is 0 Å². The number of amides is 2. The van der Waals surface area contributed by atoms with E-state index in [-0.39, 0.29) is 12.6 Å². The Balaban J connectivity index is 1.72. The Morgan fingerprint density at radius 1 is 1.14 bits per heavy atom. The third-order valence-electron chi connectivity index (χ3n) is 3.19. The van der Waals surface area contributed by atoms with Gasteiger partial charge in [-0.2, -0.15) is 0 Å². The molecule has 2 aromatic rings. The predicted octanol–water partition coefficient (Wildman–Crippen LogP) is 1.59. The van der Waals surface area contributed by atoms with Gasteiger partial charge in [-0.25, -0.2) is 4.68 Å². The zero-order valence-corrected chi connectivity index (χ0v) is 11.7. The molecule has 1 aliphatic heterocycles. The van der Waals surface area contributed by atoms with Gasteiger partial charge in [0.05, 0.1) is 17.3 Å². The molecule has 2 amide bonds. The molecule has 0 radical (unpaired) electrons. The molecule has 21 heavy (non-hydrogen) atoms. The fourth-order valence-corrected chi connectivity index (χ4v) is 2.05. The molecular formula is C14H14N4O3. The lowest BCUT2D eigenvalue weighted by molar-refractivity contribution is -0.102. The minimum absolute atomic E-state index is 0.0121. The van der Waals surface area contributed by atoms with E-state index in [1.54, 1.807) is 35.1 Å². The number of imide groups is 1. The number of carbonyl (C=O) groups is 2. The molecule has 0 saturated carbocycles. The van der Waals surface area contributed by atoms with Crippen LogP contribution in [-0.2, 0) is 11.4 Å². The molecule has 0 atom stereocenters. The summed E-state index contributed by atoms with van der Waals surface area (Å²) in [6, 6.07) is 6.82. The van der Waals surface area contributed by atoms with Crippen molar-refractivity contribution in [3.05, 3.63) is 47.3 Å². The first-order valence-corrected chi connectivity index (χ1v) is 6.59. The maximum absolute atomic E-state index is 12.1. The number of aromatic nitrogens is 3. The molecule has 0 fully saturated rings. The highest BCUT2D eigenvalue weighted by Crippen LogP contribution is 2.23. The van der Waals surface area contributed by atoms with Crippen LogP contribution >= 0.6 is 0 Å². The molecule has 0 bridgehead atoms. The number of nitrogens with zero attached hydrogens (tertiary/aromatic N) is 4. The molecule has 0 spiro atoms. The number of hydrogen-bond donors (Lipinski definition) is 0. The third-order valence-corrected chi connectivity index (χ3v) is 3.19. The summed E-state index contributed by atoms with van der Waals surface area (Å²) in [6.45, 7) is 3.96. The lowest BCUT2D eigenvalue weighted by Crippen LogP contribution is -2.29. The Hall–Kier alpha value is -2.54. The highest BCUT2D eigenvalue weighted by Gasteiger charge is 2.36. The molecule has 1 aliphatic rings. The van der Waals surface area contributed by atoms with E-state index in [2.05, 4.69) is 10.3 Å². The van der Waals surface area contributed by atoms with E-state index in [4.69, 9.17) is 4.84 Å². The predicted molar refractivity (Wildman–Crippen MR) is 72.1 cm³/mol. The van der Waals surface area contributed by atoms with Gasteiger partial charge in [0.15, 0.2) is 0 Å². The van der Waals surface area contributed by atoms with Crippen LogP contribution in [0.4, 0.5) is 0 Å². The summed E-state index contributed by atoms with van der Waals surface area (Å²) in [5, 5.41) is 8.65. The van der Waals surface area contributed by atoms with Crippen molar-refractivity contribution in [2.24, 2.45) is 0 Å². The van der Waals surface area contributed by atoms with Gasteiger partial charge in [-0.1, -0.05) is 17.3 Å². The number of carbonyl (C=O) groups excluding carboxylic acids is 2. The number of hydroxylamine groups is 2. The third kappa shape index (κ3) is 2.31. The first-order valence-electron chi connectivity index (χ1n) is 6.59. The van der Waals surface area contributed by atoms with Crippen LogP contribution in [0, 0.1) is 0 Å². The highest BCUT2D eigenvalue weighted by molar-refractivity contribution is 6.20. The molecular weight excluding hydrogens is 272 g/mol. The lowest BCUT2D eigenvalue weighted by Gasteiger charge is -2.11. The smallest absolute Gasteiger partial charge is 0.266 e. The first-order chi connectivity index (χ1) is 10.1. The molecule has 0 saturated heterocycles. The van der Waals surface area contributed by atoms with Crippen molar-refractivity contribution in [3.63, 3.8) is 0 Å². The van der Waals surface area contributed by atoms with Crippen molar-refractivity contribution in [1.82, 2.24) is 20.1 Å². The second kappa shape index (κ2) is 5.10. The van der Waals surface area contributed by atoms with Gasteiger partial charge in [0.1, 0.15) is 12.3 Å². The SMILES string of the molecule is CC(C)n1cc(CON2C(=O)c3ccccc3C2=O)nn1. The minimum atomic E-state index is -0.452. The monoisotopic (exact) mass is 286 g/mol. The summed E-state index contributed by atoms with van der Waals surface area (Å²) >= 11 is 0. The summed E-state index contributed by atoms with van der Waals surface area (Å²) in [6.07, 6.45) is 1.73. The van der Waals surface area contributed by atoms with Crippen molar-refractivity contribution in [3.8, 4) is 0 Å². The van der Waals surface area contributed by atoms with Crippen molar-refractivity contribution < 1.29 is 14.4 Å². The fourth-order valence-electron chi connectivity index (χ4n) is 2.05. The van der Waals surface area contributed by atoms with Crippen molar-refractivity contribution >= 4 is 11.8 Å². The molecule has 7 heteroatoms. The molecule has 0 aliphatic carbocycles. The van der Waals surface area contributed by atoms with Gasteiger partial charge in [-0.05, 0) is 26.0 Å². The van der Waals surface area contributed by atoms with Crippen LogP contribution in [0.2, 0.25) is 0 Å². The molecule has 0 unspecified atom stereocenters. The van der Waals surface area contributed by atoms with Crippen LogP contribution in [0.1, 0.15) is 46.3 Å². The Kier molecular flexibility index (Phi) is 3.26. The summed E-state index contributed by atoms with van der Waals surface area (Å²) in [5.74, 6) is -0.904. The van der Waals surface area contributed by atoms with Crippen LogP contribution < -0.4 is 0 Å². The number of fused-ring (bicyclic) bond motifs is 1. The van der Waals surface area contributed by atoms with Gasteiger partial charge in [0, 0.05) is 6.04 Å². The van der Waals surface area contributed by atoms with Crippen LogP contribution in [0.3, 0.4) is 0 Å². The standard InChI is InChI=1S/C14H14N4O3/c1-9(2)17-7-10(15-16-17)8-21-18-13(19)11-5-3-4-6-12(11)14(18)20/h3-7,9H,8H2,1-2H3. The Morgan fingerprint density at radius 3 is 2.29 bits per heavy atom. The largest absolute Gasteiger partial charge is 0.285 e. The topological polar surface area (TPSA) is 77.3 Å². The fraction of sp³-hybridized carbons (Fsp3) is 0.286. The van der Waals surface area contributed by atoms with Gasteiger partial charge in [-0.3, -0.25) is 14.4 Å². The second-order valence-corrected chi connectivity index (χ2v) is 5.01. The van der Waals surface area contributed by atoms with Gasteiger partial charge in [-0.15, -0.1) is 10.2 Å². The second-order valence-electron chi connectivity index (χ2n) is 5.01. The average molecular weight is 286 g/mol. The van der Waals surface area contributed by atoms with Crippen LogP contribution in [0.5, 0.6) is 0 Å². The maximum Gasteiger partial charge on any atom is 0.285 e. The maximum atomic E-state index is 12.1. The van der Waals surface area contributed by atoms with Crippen LogP contribution in [0.15, 0.2) is 30.5 Å². The number of benzene rings is 1. The minimum Gasteiger partial charge on any atom is -0.266 e. The van der Waals surface area contributed by atoms with Crippen LogP contribution in [-0.4, -0.2) is 31.9 Å². The Morgan fingerprint density at radius 2 is 1.76 bits per heavy atom. The molecule has 1 aromatic heterocycles. The normalized spacial score (nSPS) is 14.1. The van der Waals surface area contributed by atoms with Gasteiger partial charge < -0.3 is 0 Å². The van der Waals surface area contributed by atoms with Crippen molar-refractivity contribution in [1.29, 1.82) is 0 Å². The quantitative estimate of drug-likeness (QED) is 0.798. The van der Waals surface area contributed by atoms with E-state index in [1.807, 2.05) is 13.8 Å². The Labute approximate surface area is 121 Å². The van der Waals surface area contributed by atoms with E-state index in [1.165, 1.54) is 0 Å². The zero-order chi connectivity index (χ0) is 15.0. The Bertz CT molecular complexity index is 673. The van der Waals surface area contributed by atoms with Crippen molar-refractivity contribution in [2.45, 2.75) is 26.5 Å². The van der Waals surface area contributed by atoms with E-state index in [9.17, 15) is 9.59 Å². The van der Waals surface area contributed by atoms with Gasteiger partial charge in [0.2, 0.25) is 0 Å². The van der Waals surface area contributed by atoms with E-state index in [0.29, 0.717) is 16.8 Å². The van der Waals surface area contributed by atoms with E-state index in [0.717, 1.165) is 5.06 Å². The zero-order valence-electron chi connectivity index (χ0n) is 11.7. The lowest BCUT2D eigenvalue weighted by atomic mass is 10.1. The summed E-state index contributed by atoms with van der Waals surface area (Å²) in [4.78, 5) is 29.5. The summed E-state index contributed by atoms with van der Waals surface area (Å²) < 4.78 is 1.68. The molecule has 108 valence electrons.